The standard InChI is InChI=1S/C14H18N2OS3/c1-10(20-14-15-6-9-19-14)13(17)16-7-2-4-11(16)12-5-3-8-18-12/h3,5,8,10-11H,2,4,6-7,9H2,1H3/t10-,11+/m0/s1. The summed E-state index contributed by atoms with van der Waals surface area (Å²) in [5, 5.41) is 2.07. The molecule has 0 radical (unpaired) electrons. The van der Waals surface area contributed by atoms with E-state index in [-0.39, 0.29) is 11.2 Å². The van der Waals surface area contributed by atoms with Crippen LogP contribution >= 0.6 is 34.9 Å². The number of hydrogen-bond acceptors (Lipinski definition) is 5. The molecule has 2 aliphatic heterocycles. The Morgan fingerprint density at radius 3 is 3.20 bits per heavy atom. The van der Waals surface area contributed by atoms with Crippen LogP contribution in [0, 0.1) is 0 Å². The molecular formula is C14H18N2OS3. The molecule has 3 rings (SSSR count). The topological polar surface area (TPSA) is 32.7 Å². The summed E-state index contributed by atoms with van der Waals surface area (Å²) in [7, 11) is 0. The average molecular weight is 327 g/mol. The van der Waals surface area contributed by atoms with E-state index in [1.807, 2.05) is 6.92 Å². The van der Waals surface area contributed by atoms with E-state index in [4.69, 9.17) is 0 Å². The molecule has 1 amide bonds. The zero-order chi connectivity index (χ0) is 13.9. The van der Waals surface area contributed by atoms with E-state index in [9.17, 15) is 4.79 Å². The first kappa shape index (κ1) is 14.5. The number of likely N-dealkylation sites (tertiary alicyclic amines) is 1. The van der Waals surface area contributed by atoms with Crippen molar-refractivity contribution in [3.63, 3.8) is 0 Å². The minimum Gasteiger partial charge on any atom is -0.334 e. The lowest BCUT2D eigenvalue weighted by atomic mass is 10.2. The highest BCUT2D eigenvalue weighted by Crippen LogP contribution is 2.36. The lowest BCUT2D eigenvalue weighted by Crippen LogP contribution is -2.36. The number of aliphatic imine (C=N–C) groups is 1. The van der Waals surface area contributed by atoms with Crippen LogP contribution in [0.2, 0.25) is 0 Å². The van der Waals surface area contributed by atoms with Gasteiger partial charge in [0, 0.05) is 17.2 Å². The fourth-order valence-electron chi connectivity index (χ4n) is 2.63. The summed E-state index contributed by atoms with van der Waals surface area (Å²) in [5.74, 6) is 1.33. The van der Waals surface area contributed by atoms with E-state index in [0.717, 1.165) is 36.1 Å². The molecule has 2 atom stereocenters. The number of nitrogens with zero attached hydrogens (tertiary/aromatic N) is 2. The number of carbonyl (C=O) groups excluding carboxylic acids is 1. The molecule has 0 saturated carbocycles. The first-order valence-electron chi connectivity index (χ1n) is 6.93. The molecule has 0 aliphatic carbocycles. The van der Waals surface area contributed by atoms with Crippen molar-refractivity contribution in [2.24, 2.45) is 4.99 Å². The largest absolute Gasteiger partial charge is 0.334 e. The van der Waals surface area contributed by atoms with Crippen molar-refractivity contribution < 1.29 is 4.79 Å². The number of thiophene rings is 1. The third kappa shape index (κ3) is 3.07. The van der Waals surface area contributed by atoms with Crippen molar-refractivity contribution in [2.75, 3.05) is 18.8 Å². The van der Waals surface area contributed by atoms with Crippen LogP contribution in [0.25, 0.3) is 0 Å². The van der Waals surface area contributed by atoms with Gasteiger partial charge in [0.15, 0.2) is 0 Å². The van der Waals surface area contributed by atoms with E-state index in [0.29, 0.717) is 6.04 Å². The lowest BCUT2D eigenvalue weighted by Gasteiger charge is -2.26. The van der Waals surface area contributed by atoms with Crippen molar-refractivity contribution in [2.45, 2.75) is 31.1 Å². The fraction of sp³-hybridized carbons (Fsp3) is 0.571. The van der Waals surface area contributed by atoms with Gasteiger partial charge in [-0.25, -0.2) is 0 Å². The summed E-state index contributed by atoms with van der Waals surface area (Å²) in [6.07, 6.45) is 2.21. The van der Waals surface area contributed by atoms with Crippen molar-refractivity contribution >= 4 is 45.1 Å². The molecule has 1 aromatic heterocycles. The Kier molecular flexibility index (Phi) is 4.73. The molecule has 108 valence electrons. The highest BCUT2D eigenvalue weighted by Gasteiger charge is 2.33. The van der Waals surface area contributed by atoms with Gasteiger partial charge in [-0.05, 0) is 31.2 Å². The smallest absolute Gasteiger partial charge is 0.236 e. The van der Waals surface area contributed by atoms with Gasteiger partial charge in [-0.2, -0.15) is 0 Å². The zero-order valence-electron chi connectivity index (χ0n) is 11.4. The van der Waals surface area contributed by atoms with Gasteiger partial charge in [0.05, 0.1) is 17.8 Å². The molecule has 1 saturated heterocycles. The van der Waals surface area contributed by atoms with Gasteiger partial charge >= 0.3 is 0 Å². The van der Waals surface area contributed by atoms with E-state index in [2.05, 4.69) is 27.4 Å². The number of carbonyl (C=O) groups is 1. The van der Waals surface area contributed by atoms with Crippen molar-refractivity contribution in [3.8, 4) is 0 Å². The quantitative estimate of drug-likeness (QED) is 0.850. The summed E-state index contributed by atoms with van der Waals surface area (Å²) in [4.78, 5) is 20.5. The lowest BCUT2D eigenvalue weighted by molar-refractivity contribution is -0.131. The first-order valence-corrected chi connectivity index (χ1v) is 9.68. The van der Waals surface area contributed by atoms with Gasteiger partial charge in [-0.1, -0.05) is 29.6 Å². The normalized spacial score (nSPS) is 23.9. The molecule has 0 spiro atoms. The van der Waals surface area contributed by atoms with E-state index < -0.39 is 0 Å². The van der Waals surface area contributed by atoms with E-state index in [1.54, 1.807) is 34.9 Å². The Morgan fingerprint density at radius 1 is 1.60 bits per heavy atom. The van der Waals surface area contributed by atoms with Crippen LogP contribution in [0.15, 0.2) is 22.5 Å². The second-order valence-corrected chi connectivity index (χ2v) is 8.61. The molecule has 20 heavy (non-hydrogen) atoms. The maximum atomic E-state index is 12.7. The van der Waals surface area contributed by atoms with Crippen LogP contribution in [0.1, 0.15) is 30.7 Å². The van der Waals surface area contributed by atoms with Crippen molar-refractivity contribution in [1.82, 2.24) is 4.90 Å². The third-order valence-electron chi connectivity index (χ3n) is 3.59. The van der Waals surface area contributed by atoms with Crippen molar-refractivity contribution in [3.05, 3.63) is 22.4 Å². The molecular weight excluding hydrogens is 308 g/mol. The van der Waals surface area contributed by atoms with Crippen molar-refractivity contribution in [1.29, 1.82) is 0 Å². The molecule has 1 aromatic rings. The van der Waals surface area contributed by atoms with Crippen LogP contribution in [0.3, 0.4) is 0 Å². The number of hydrogen-bond donors (Lipinski definition) is 0. The van der Waals surface area contributed by atoms with Crippen LogP contribution in [-0.2, 0) is 4.79 Å². The van der Waals surface area contributed by atoms with Gasteiger partial charge in [-0.3, -0.25) is 9.79 Å². The summed E-state index contributed by atoms with van der Waals surface area (Å²) < 4.78 is 1.08. The Labute approximate surface area is 132 Å². The number of thioether (sulfide) groups is 2. The summed E-state index contributed by atoms with van der Waals surface area (Å²) in [6, 6.07) is 4.52. The van der Waals surface area contributed by atoms with Gasteiger partial charge in [0.2, 0.25) is 5.91 Å². The Morgan fingerprint density at radius 2 is 2.50 bits per heavy atom. The summed E-state index contributed by atoms with van der Waals surface area (Å²) in [5.41, 5.74) is 0. The maximum absolute atomic E-state index is 12.7. The van der Waals surface area contributed by atoms with Crippen LogP contribution < -0.4 is 0 Å². The average Bonchev–Trinajstić information content (AvgIpc) is 3.18. The van der Waals surface area contributed by atoms with Crippen LogP contribution in [-0.4, -0.2) is 39.3 Å². The van der Waals surface area contributed by atoms with Crippen LogP contribution in [0.5, 0.6) is 0 Å². The Balaban J connectivity index is 1.66. The zero-order valence-corrected chi connectivity index (χ0v) is 13.9. The summed E-state index contributed by atoms with van der Waals surface area (Å²) in [6.45, 7) is 3.81. The molecule has 6 heteroatoms. The van der Waals surface area contributed by atoms with E-state index >= 15 is 0 Å². The molecule has 0 bridgehead atoms. The van der Waals surface area contributed by atoms with Gasteiger partial charge < -0.3 is 4.90 Å². The second kappa shape index (κ2) is 6.54. The minimum atomic E-state index is -0.0279. The van der Waals surface area contributed by atoms with Gasteiger partial charge in [0.1, 0.15) is 4.38 Å². The second-order valence-electron chi connectivity index (χ2n) is 4.96. The minimum absolute atomic E-state index is 0.0279. The summed E-state index contributed by atoms with van der Waals surface area (Å²) >= 11 is 5.16. The number of rotatable bonds is 3. The van der Waals surface area contributed by atoms with E-state index in [1.165, 1.54) is 4.88 Å². The highest BCUT2D eigenvalue weighted by atomic mass is 32.2. The molecule has 2 aliphatic rings. The third-order valence-corrected chi connectivity index (χ3v) is 6.86. The SMILES string of the molecule is C[C@H](SC1=NCCS1)C(=O)N1CCC[C@@H]1c1cccs1. The predicted molar refractivity (Wildman–Crippen MR) is 89.8 cm³/mol. The monoisotopic (exact) mass is 326 g/mol. The van der Waals surface area contributed by atoms with Crippen LogP contribution in [0.4, 0.5) is 0 Å². The molecule has 0 unspecified atom stereocenters. The Bertz CT molecular complexity index is 501. The van der Waals surface area contributed by atoms with Gasteiger partial charge in [0.25, 0.3) is 0 Å². The number of amides is 1. The maximum Gasteiger partial charge on any atom is 0.236 e. The molecule has 0 N–H and O–H groups in total. The van der Waals surface area contributed by atoms with Gasteiger partial charge in [-0.15, -0.1) is 11.3 Å². The highest BCUT2D eigenvalue weighted by molar-refractivity contribution is 8.39. The first-order chi connectivity index (χ1) is 9.75. The Hall–Kier alpha value is -0.460. The molecule has 3 nitrogen and oxygen atoms in total. The molecule has 1 fully saturated rings. The fourth-order valence-corrected chi connectivity index (χ4v) is 5.70. The predicted octanol–water partition coefficient (Wildman–Crippen LogP) is 3.64. The molecule has 3 heterocycles. The molecule has 0 aromatic carbocycles.